The maximum atomic E-state index is 12.7. The van der Waals surface area contributed by atoms with E-state index < -0.39 is 0 Å². The number of amides is 2. The van der Waals surface area contributed by atoms with E-state index in [1.807, 2.05) is 17.0 Å². The van der Waals surface area contributed by atoms with Gasteiger partial charge in [0, 0.05) is 13.7 Å². The fourth-order valence-corrected chi connectivity index (χ4v) is 4.13. The second-order valence-electron chi connectivity index (χ2n) is 6.75. The number of urea groups is 1. The summed E-state index contributed by atoms with van der Waals surface area (Å²) < 4.78 is 16.8. The standard InChI is InChI=1S/C17H24N2O4/c1-21-10-12-5-7-16(23-12)14-3-2-8-19(14)17(20)18-13-9-11-4-6-15(13)22-11/h5,7,11,13-15H,2-4,6,8-10H2,1H3,(H,18,20). The minimum atomic E-state index is 0.0124. The minimum Gasteiger partial charge on any atom is -0.461 e. The van der Waals surface area contributed by atoms with Crippen LogP contribution >= 0.6 is 0 Å². The summed E-state index contributed by atoms with van der Waals surface area (Å²) in [7, 11) is 1.65. The van der Waals surface area contributed by atoms with E-state index in [0.717, 1.165) is 50.2 Å². The molecule has 6 nitrogen and oxygen atoms in total. The first-order valence-electron chi connectivity index (χ1n) is 8.54. The molecule has 4 unspecified atom stereocenters. The van der Waals surface area contributed by atoms with Crippen molar-refractivity contribution in [1.29, 1.82) is 0 Å². The molecule has 0 aliphatic carbocycles. The number of rotatable bonds is 4. The zero-order valence-electron chi connectivity index (χ0n) is 13.5. The number of furan rings is 1. The molecule has 3 aliphatic rings. The van der Waals surface area contributed by atoms with Crippen LogP contribution < -0.4 is 5.32 Å². The molecule has 3 saturated heterocycles. The molecule has 0 aromatic carbocycles. The molecule has 2 bridgehead atoms. The first-order chi connectivity index (χ1) is 11.2. The van der Waals surface area contributed by atoms with Gasteiger partial charge in [0.15, 0.2) is 0 Å². The molecule has 0 spiro atoms. The Morgan fingerprint density at radius 3 is 3.04 bits per heavy atom. The second-order valence-corrected chi connectivity index (χ2v) is 6.75. The van der Waals surface area contributed by atoms with Crippen LogP contribution in [0.25, 0.3) is 0 Å². The van der Waals surface area contributed by atoms with E-state index >= 15 is 0 Å². The summed E-state index contributed by atoms with van der Waals surface area (Å²) >= 11 is 0. The first kappa shape index (κ1) is 15.0. The van der Waals surface area contributed by atoms with E-state index in [1.54, 1.807) is 7.11 Å². The number of carbonyl (C=O) groups is 1. The van der Waals surface area contributed by atoms with Crippen molar-refractivity contribution < 1.29 is 18.7 Å². The second kappa shape index (κ2) is 6.17. The van der Waals surface area contributed by atoms with Gasteiger partial charge in [-0.2, -0.15) is 0 Å². The van der Waals surface area contributed by atoms with Gasteiger partial charge in [-0.15, -0.1) is 0 Å². The van der Waals surface area contributed by atoms with E-state index in [4.69, 9.17) is 13.9 Å². The molecule has 126 valence electrons. The molecule has 6 heteroatoms. The molecule has 2 amide bonds. The third-order valence-corrected chi connectivity index (χ3v) is 5.23. The predicted octanol–water partition coefficient (Wildman–Crippen LogP) is 2.59. The fourth-order valence-electron chi connectivity index (χ4n) is 4.13. The molecule has 1 N–H and O–H groups in total. The van der Waals surface area contributed by atoms with Gasteiger partial charge in [0.2, 0.25) is 0 Å². The van der Waals surface area contributed by atoms with Gasteiger partial charge in [-0.05, 0) is 44.2 Å². The molecular weight excluding hydrogens is 296 g/mol. The molecule has 0 radical (unpaired) electrons. The highest BCUT2D eigenvalue weighted by Crippen LogP contribution is 2.36. The fraction of sp³-hybridized carbons (Fsp3) is 0.706. The Balaban J connectivity index is 1.41. The summed E-state index contributed by atoms with van der Waals surface area (Å²) in [6.07, 6.45) is 5.67. The average molecular weight is 320 g/mol. The summed E-state index contributed by atoms with van der Waals surface area (Å²) in [5, 5.41) is 3.18. The highest BCUT2D eigenvalue weighted by molar-refractivity contribution is 5.75. The molecule has 4 atom stereocenters. The SMILES string of the molecule is COCc1ccc(C2CCCN2C(=O)NC2CC3CCC2O3)o1. The number of likely N-dealkylation sites (tertiary alicyclic amines) is 1. The zero-order valence-corrected chi connectivity index (χ0v) is 13.5. The number of nitrogens with zero attached hydrogens (tertiary/aromatic N) is 1. The van der Waals surface area contributed by atoms with Gasteiger partial charge < -0.3 is 24.1 Å². The molecule has 3 aliphatic heterocycles. The summed E-state index contributed by atoms with van der Waals surface area (Å²) in [6, 6.07) is 4.10. The summed E-state index contributed by atoms with van der Waals surface area (Å²) in [5.74, 6) is 1.66. The van der Waals surface area contributed by atoms with Crippen molar-refractivity contribution in [3.63, 3.8) is 0 Å². The van der Waals surface area contributed by atoms with Crippen LogP contribution in [0, 0.1) is 0 Å². The van der Waals surface area contributed by atoms with Crippen LogP contribution in [0.4, 0.5) is 4.79 Å². The van der Waals surface area contributed by atoms with Gasteiger partial charge in [-0.3, -0.25) is 0 Å². The summed E-state index contributed by atoms with van der Waals surface area (Å²) in [6.45, 7) is 1.24. The number of hydrogen-bond donors (Lipinski definition) is 1. The zero-order chi connectivity index (χ0) is 15.8. The van der Waals surface area contributed by atoms with Crippen molar-refractivity contribution in [2.45, 2.75) is 63.0 Å². The smallest absolute Gasteiger partial charge is 0.318 e. The van der Waals surface area contributed by atoms with Gasteiger partial charge in [0.25, 0.3) is 0 Å². The van der Waals surface area contributed by atoms with Crippen molar-refractivity contribution in [3.05, 3.63) is 23.7 Å². The van der Waals surface area contributed by atoms with E-state index in [2.05, 4.69) is 5.32 Å². The van der Waals surface area contributed by atoms with Crippen molar-refractivity contribution >= 4 is 6.03 Å². The van der Waals surface area contributed by atoms with Crippen molar-refractivity contribution in [2.24, 2.45) is 0 Å². The maximum absolute atomic E-state index is 12.7. The van der Waals surface area contributed by atoms with Crippen LogP contribution in [0.3, 0.4) is 0 Å². The summed E-state index contributed by atoms with van der Waals surface area (Å²) in [4.78, 5) is 14.6. The number of methoxy groups -OCH3 is 1. The summed E-state index contributed by atoms with van der Waals surface area (Å²) in [5.41, 5.74) is 0. The van der Waals surface area contributed by atoms with Gasteiger partial charge in [-0.25, -0.2) is 4.79 Å². The number of ether oxygens (including phenoxy) is 2. The third kappa shape index (κ3) is 2.85. The van der Waals surface area contributed by atoms with Gasteiger partial charge in [-0.1, -0.05) is 0 Å². The number of hydrogen-bond acceptors (Lipinski definition) is 4. The third-order valence-electron chi connectivity index (χ3n) is 5.23. The highest BCUT2D eigenvalue weighted by Gasteiger charge is 2.43. The Morgan fingerprint density at radius 1 is 1.39 bits per heavy atom. The molecule has 23 heavy (non-hydrogen) atoms. The Morgan fingerprint density at radius 2 is 2.30 bits per heavy atom. The lowest BCUT2D eigenvalue weighted by Gasteiger charge is -2.27. The van der Waals surface area contributed by atoms with Crippen LogP contribution in [0.15, 0.2) is 16.5 Å². The van der Waals surface area contributed by atoms with Crippen LogP contribution in [-0.2, 0) is 16.1 Å². The molecule has 4 heterocycles. The molecule has 4 rings (SSSR count). The molecular formula is C17H24N2O4. The molecule has 1 aromatic rings. The largest absolute Gasteiger partial charge is 0.461 e. The Kier molecular flexibility index (Phi) is 4.03. The number of carbonyl (C=O) groups excluding carboxylic acids is 1. The van der Waals surface area contributed by atoms with Crippen LogP contribution in [-0.4, -0.2) is 42.8 Å². The van der Waals surface area contributed by atoms with Crippen LogP contribution in [0.5, 0.6) is 0 Å². The predicted molar refractivity (Wildman–Crippen MR) is 82.9 cm³/mol. The van der Waals surface area contributed by atoms with Crippen LogP contribution in [0.1, 0.15) is 49.7 Å². The van der Waals surface area contributed by atoms with Gasteiger partial charge in [0.1, 0.15) is 18.1 Å². The lowest BCUT2D eigenvalue weighted by atomic mass is 9.96. The van der Waals surface area contributed by atoms with Crippen molar-refractivity contribution in [1.82, 2.24) is 10.2 Å². The topological polar surface area (TPSA) is 63.9 Å². The van der Waals surface area contributed by atoms with E-state index in [-0.39, 0.29) is 24.2 Å². The molecule has 3 fully saturated rings. The number of nitrogens with one attached hydrogen (secondary N) is 1. The van der Waals surface area contributed by atoms with E-state index in [0.29, 0.717) is 12.7 Å². The lowest BCUT2D eigenvalue weighted by molar-refractivity contribution is 0.0966. The Bertz CT molecular complexity index is 573. The Labute approximate surface area is 136 Å². The van der Waals surface area contributed by atoms with Crippen molar-refractivity contribution in [2.75, 3.05) is 13.7 Å². The Hall–Kier alpha value is -1.53. The minimum absolute atomic E-state index is 0.0124. The van der Waals surface area contributed by atoms with Crippen LogP contribution in [0.2, 0.25) is 0 Å². The lowest BCUT2D eigenvalue weighted by Crippen LogP contribution is -2.47. The first-order valence-corrected chi connectivity index (χ1v) is 8.54. The van der Waals surface area contributed by atoms with E-state index in [1.165, 1.54) is 0 Å². The highest BCUT2D eigenvalue weighted by atomic mass is 16.5. The van der Waals surface area contributed by atoms with Gasteiger partial charge >= 0.3 is 6.03 Å². The van der Waals surface area contributed by atoms with Crippen molar-refractivity contribution in [3.8, 4) is 0 Å². The maximum Gasteiger partial charge on any atom is 0.318 e. The molecule has 0 saturated carbocycles. The average Bonchev–Trinajstić information content (AvgIpc) is 3.31. The quantitative estimate of drug-likeness (QED) is 0.926. The number of fused-ring (bicyclic) bond motifs is 2. The monoisotopic (exact) mass is 320 g/mol. The normalized spacial score (nSPS) is 32.7. The van der Waals surface area contributed by atoms with E-state index in [9.17, 15) is 4.79 Å². The van der Waals surface area contributed by atoms with Gasteiger partial charge in [0.05, 0.1) is 24.3 Å². The molecule has 1 aromatic heterocycles.